The summed E-state index contributed by atoms with van der Waals surface area (Å²) in [4.78, 5) is 19.3. The number of benzene rings is 1. The molecule has 1 fully saturated rings. The number of hydrogen-bond donors (Lipinski definition) is 2. The molecule has 8 nitrogen and oxygen atoms in total. The van der Waals surface area contributed by atoms with Gasteiger partial charge in [-0.25, -0.2) is 22.9 Å². The van der Waals surface area contributed by atoms with Crippen molar-refractivity contribution in [2.24, 2.45) is 0 Å². The van der Waals surface area contributed by atoms with E-state index in [-0.39, 0.29) is 0 Å². The normalized spacial score (nSPS) is 18.4. The number of carbonyl (C=O) groups excluding carboxylic acids is 1. The van der Waals surface area contributed by atoms with E-state index >= 15 is 0 Å². The van der Waals surface area contributed by atoms with Gasteiger partial charge >= 0.3 is 6.03 Å². The van der Waals surface area contributed by atoms with Crippen LogP contribution >= 0.6 is 11.3 Å². The number of ether oxygens (including phenoxy) is 1. The molecule has 1 aromatic carbocycles. The Hall–Kier alpha value is -2.27. The van der Waals surface area contributed by atoms with Gasteiger partial charge in [0.15, 0.2) is 0 Å². The van der Waals surface area contributed by atoms with Gasteiger partial charge in [-0.2, -0.15) is 0 Å². The summed E-state index contributed by atoms with van der Waals surface area (Å²) >= 11 is 1.38. The number of nitrogens with one attached hydrogen (secondary N) is 2. The van der Waals surface area contributed by atoms with Crippen molar-refractivity contribution in [3.8, 4) is 0 Å². The minimum atomic E-state index is -3.95. The van der Waals surface area contributed by atoms with Crippen molar-refractivity contribution in [2.75, 3.05) is 31.6 Å². The van der Waals surface area contributed by atoms with Crippen LogP contribution in [0.25, 0.3) is 6.08 Å². The van der Waals surface area contributed by atoms with E-state index in [1.165, 1.54) is 28.5 Å². The highest BCUT2D eigenvalue weighted by molar-refractivity contribution is 7.93. The number of aromatic nitrogens is 1. The molecule has 2 N–H and O–H groups in total. The van der Waals surface area contributed by atoms with Gasteiger partial charge in [-0.15, -0.1) is 11.3 Å². The minimum absolute atomic E-state index is 0.586. The second kappa shape index (κ2) is 9.54. The molecule has 10 heteroatoms. The summed E-state index contributed by atoms with van der Waals surface area (Å²) in [6.07, 6.45) is 7.43. The molecule has 2 amide bonds. The molecular formula is C23H28N4O4S2. The molecule has 2 heterocycles. The lowest BCUT2D eigenvalue weighted by Gasteiger charge is -2.25. The van der Waals surface area contributed by atoms with E-state index in [0.717, 1.165) is 92.7 Å². The molecule has 1 aromatic heterocycles. The molecule has 0 atom stereocenters. The number of amides is 2. The topological polar surface area (TPSA) is 101 Å². The number of aryl methyl sites for hydroxylation is 2. The Kier molecular flexibility index (Phi) is 6.51. The molecule has 33 heavy (non-hydrogen) atoms. The third-order valence-corrected chi connectivity index (χ3v) is 8.22. The molecule has 2 aromatic rings. The summed E-state index contributed by atoms with van der Waals surface area (Å²) in [5, 5.41) is 6.37. The second-order valence-electron chi connectivity index (χ2n) is 8.70. The van der Waals surface area contributed by atoms with Gasteiger partial charge in [0, 0.05) is 30.7 Å². The van der Waals surface area contributed by atoms with E-state index in [4.69, 9.17) is 4.74 Å². The number of hydrogen-bond acceptors (Lipinski definition) is 7. The summed E-state index contributed by atoms with van der Waals surface area (Å²) in [5.41, 5.74) is 6.61. The van der Waals surface area contributed by atoms with Gasteiger partial charge in [0.05, 0.1) is 24.3 Å². The van der Waals surface area contributed by atoms with Crippen molar-refractivity contribution in [1.82, 2.24) is 14.6 Å². The Morgan fingerprint density at radius 1 is 1.12 bits per heavy atom. The maximum Gasteiger partial charge on any atom is 0.333 e. The van der Waals surface area contributed by atoms with Crippen molar-refractivity contribution >= 4 is 39.2 Å². The van der Waals surface area contributed by atoms with Crippen LogP contribution in [0.4, 0.5) is 10.5 Å². The molecule has 0 unspecified atom stereocenters. The Morgan fingerprint density at radius 3 is 2.52 bits per heavy atom. The smallest absolute Gasteiger partial charge is 0.333 e. The van der Waals surface area contributed by atoms with Gasteiger partial charge in [0.1, 0.15) is 5.01 Å². The lowest BCUT2D eigenvalue weighted by molar-refractivity contribution is 0.0337. The average Bonchev–Trinajstić information content (AvgIpc) is 3.53. The molecule has 0 radical (unpaired) electrons. The number of urea groups is 1. The predicted octanol–water partition coefficient (Wildman–Crippen LogP) is 3.07. The number of rotatable bonds is 6. The fourth-order valence-corrected chi connectivity index (χ4v) is 6.35. The molecular weight excluding hydrogens is 460 g/mol. The van der Waals surface area contributed by atoms with Crippen LogP contribution in [-0.4, -0.2) is 50.6 Å². The van der Waals surface area contributed by atoms with Crippen LogP contribution in [0.2, 0.25) is 0 Å². The number of fused-ring (bicyclic) bond motifs is 2. The molecule has 5 rings (SSSR count). The van der Waals surface area contributed by atoms with Gasteiger partial charge < -0.3 is 10.1 Å². The molecule has 1 aliphatic heterocycles. The Morgan fingerprint density at radius 2 is 1.82 bits per heavy atom. The van der Waals surface area contributed by atoms with Gasteiger partial charge in [0.25, 0.3) is 10.0 Å². The largest absolute Gasteiger partial charge is 0.379 e. The highest BCUT2D eigenvalue weighted by Gasteiger charge is 2.25. The summed E-state index contributed by atoms with van der Waals surface area (Å²) in [7, 11) is -3.95. The third-order valence-electron chi connectivity index (χ3n) is 6.40. The molecule has 1 saturated heterocycles. The molecule has 0 spiro atoms. The summed E-state index contributed by atoms with van der Waals surface area (Å²) in [6, 6.07) is 1.55. The summed E-state index contributed by atoms with van der Waals surface area (Å²) < 4.78 is 32.5. The predicted molar refractivity (Wildman–Crippen MR) is 129 cm³/mol. The van der Waals surface area contributed by atoms with Crippen LogP contribution in [0, 0.1) is 0 Å². The van der Waals surface area contributed by atoms with E-state index in [0.29, 0.717) is 11.6 Å². The fourth-order valence-electron chi connectivity index (χ4n) is 4.88. The first kappa shape index (κ1) is 22.5. The fraction of sp³-hybridized carbons (Fsp3) is 0.478. The van der Waals surface area contributed by atoms with Crippen molar-refractivity contribution in [1.29, 1.82) is 0 Å². The van der Waals surface area contributed by atoms with Crippen molar-refractivity contribution < 1.29 is 17.9 Å². The first-order chi connectivity index (χ1) is 16.0. The van der Waals surface area contributed by atoms with Gasteiger partial charge in [-0.05, 0) is 66.9 Å². The lowest BCUT2D eigenvalue weighted by Crippen LogP contribution is -2.35. The van der Waals surface area contributed by atoms with Crippen LogP contribution in [0.5, 0.6) is 0 Å². The van der Waals surface area contributed by atoms with E-state index < -0.39 is 16.1 Å². The van der Waals surface area contributed by atoms with Crippen LogP contribution in [0.15, 0.2) is 16.9 Å². The quantitative estimate of drug-likeness (QED) is 0.648. The number of nitrogens with zero attached hydrogens (tertiary/aromatic N) is 2. The Labute approximate surface area is 198 Å². The second-order valence-corrected chi connectivity index (χ2v) is 11.2. The zero-order chi connectivity index (χ0) is 22.8. The van der Waals surface area contributed by atoms with E-state index in [1.54, 1.807) is 0 Å². The maximum atomic E-state index is 12.6. The van der Waals surface area contributed by atoms with Crippen LogP contribution < -0.4 is 10.0 Å². The lowest BCUT2D eigenvalue weighted by atomic mass is 9.99. The maximum absolute atomic E-state index is 12.6. The van der Waals surface area contributed by atoms with E-state index in [9.17, 15) is 13.2 Å². The Balaban J connectivity index is 1.22. The highest BCUT2D eigenvalue weighted by atomic mass is 32.2. The van der Waals surface area contributed by atoms with E-state index in [2.05, 4.69) is 26.0 Å². The van der Waals surface area contributed by atoms with Crippen LogP contribution in [-0.2, 0) is 47.0 Å². The molecule has 0 saturated carbocycles. The molecule has 176 valence electrons. The standard InChI is InChI=1S/C23H28N4O4S2/c28-23(25-22-19-5-1-3-16(19)13-17-4-2-6-20(17)22)26-33(29,30)12-7-21-24-18(15-32-21)14-27-8-10-31-11-9-27/h7,12-13,15H,1-6,8-11,14H2,(H2,25,26,28)/b12-7+. The molecule has 0 bridgehead atoms. The van der Waals surface area contributed by atoms with Gasteiger partial charge in [0.2, 0.25) is 0 Å². The zero-order valence-corrected chi connectivity index (χ0v) is 20.1. The Bertz CT molecular complexity index is 1150. The minimum Gasteiger partial charge on any atom is -0.379 e. The molecule has 3 aliphatic rings. The monoisotopic (exact) mass is 488 g/mol. The summed E-state index contributed by atoms with van der Waals surface area (Å²) in [6.45, 7) is 3.88. The first-order valence-electron chi connectivity index (χ1n) is 11.4. The summed E-state index contributed by atoms with van der Waals surface area (Å²) in [5.74, 6) is 0. The van der Waals surface area contributed by atoms with Crippen molar-refractivity contribution in [3.05, 3.63) is 49.8 Å². The average molecular weight is 489 g/mol. The van der Waals surface area contributed by atoms with Crippen LogP contribution in [0.1, 0.15) is 45.8 Å². The number of sulfonamides is 1. The third kappa shape index (κ3) is 5.29. The first-order valence-corrected chi connectivity index (χ1v) is 13.8. The van der Waals surface area contributed by atoms with Gasteiger partial charge in [-0.1, -0.05) is 6.07 Å². The van der Waals surface area contributed by atoms with Crippen molar-refractivity contribution in [3.63, 3.8) is 0 Å². The number of morpholine rings is 1. The SMILES string of the molecule is O=C(Nc1c2c(cc3c1CCC3)CCC2)NS(=O)(=O)/C=C/c1nc(CN2CCOCC2)cs1. The van der Waals surface area contributed by atoms with E-state index in [1.807, 2.05) is 5.38 Å². The number of carbonyl (C=O) groups is 1. The van der Waals surface area contributed by atoms with Gasteiger partial charge in [-0.3, -0.25) is 4.90 Å². The van der Waals surface area contributed by atoms with Crippen molar-refractivity contribution in [2.45, 2.75) is 45.1 Å². The zero-order valence-electron chi connectivity index (χ0n) is 18.4. The van der Waals surface area contributed by atoms with Crippen LogP contribution in [0.3, 0.4) is 0 Å². The number of anilines is 1. The molecule has 2 aliphatic carbocycles. The number of thiazole rings is 1. The highest BCUT2D eigenvalue weighted by Crippen LogP contribution is 2.38.